The maximum Gasteiger partial charge on any atom is 0.363 e. The van der Waals surface area contributed by atoms with Gasteiger partial charge in [-0.15, -0.1) is 0 Å². The topological polar surface area (TPSA) is 74.2 Å². The number of hydrogen-bond donors (Lipinski definition) is 0. The van der Waals surface area contributed by atoms with Crippen LogP contribution in [-0.2, 0) is 14.3 Å². The van der Waals surface area contributed by atoms with E-state index in [1.807, 2.05) is 0 Å². The summed E-state index contributed by atoms with van der Waals surface area (Å²) in [5.41, 5.74) is 1.64. The molecule has 2 aromatic carbocycles. The lowest BCUT2D eigenvalue weighted by Crippen LogP contribution is -2.06. The van der Waals surface area contributed by atoms with Crippen molar-refractivity contribution in [2.45, 2.75) is 0 Å². The number of hydrogen-bond acceptors (Lipinski definition) is 6. The van der Waals surface area contributed by atoms with Crippen molar-refractivity contribution in [3.8, 4) is 5.75 Å². The third-order valence-electron chi connectivity index (χ3n) is 3.62. The molecule has 1 aliphatic rings. The quantitative estimate of drug-likeness (QED) is 0.633. The van der Waals surface area contributed by atoms with E-state index in [1.165, 1.54) is 13.2 Å². The highest BCUT2D eigenvalue weighted by molar-refractivity contribution is 6.13. The summed E-state index contributed by atoms with van der Waals surface area (Å²) in [5, 5.41) is 0. The first-order valence-electron chi connectivity index (χ1n) is 7.46. The predicted octanol–water partition coefficient (Wildman–Crippen LogP) is 2.83. The van der Waals surface area contributed by atoms with Gasteiger partial charge in [0.15, 0.2) is 5.70 Å². The van der Waals surface area contributed by atoms with E-state index in [1.54, 1.807) is 55.6 Å². The molecule has 0 aromatic heterocycles. The van der Waals surface area contributed by atoms with Gasteiger partial charge in [-0.1, -0.05) is 18.2 Å². The lowest BCUT2D eigenvalue weighted by Gasteiger charge is -2.03. The van der Waals surface area contributed by atoms with Crippen LogP contribution in [0.5, 0.6) is 5.75 Å². The Kier molecular flexibility index (Phi) is 4.61. The van der Waals surface area contributed by atoms with Crippen molar-refractivity contribution >= 4 is 23.9 Å². The maximum absolute atomic E-state index is 12.1. The Morgan fingerprint density at radius 1 is 1.08 bits per heavy atom. The molecule has 25 heavy (non-hydrogen) atoms. The van der Waals surface area contributed by atoms with Crippen molar-refractivity contribution in [1.82, 2.24) is 0 Å². The van der Waals surface area contributed by atoms with Gasteiger partial charge in [0, 0.05) is 5.56 Å². The molecule has 126 valence electrons. The molecule has 0 saturated carbocycles. The van der Waals surface area contributed by atoms with Crippen molar-refractivity contribution in [3.05, 3.63) is 70.9 Å². The van der Waals surface area contributed by atoms with Gasteiger partial charge in [-0.05, 0) is 42.0 Å². The normalized spacial score (nSPS) is 14.9. The van der Waals surface area contributed by atoms with Crippen LogP contribution in [0.1, 0.15) is 21.5 Å². The summed E-state index contributed by atoms with van der Waals surface area (Å²) >= 11 is 0. The highest BCUT2D eigenvalue weighted by Crippen LogP contribution is 2.22. The Labute approximate surface area is 144 Å². The highest BCUT2D eigenvalue weighted by Gasteiger charge is 2.25. The van der Waals surface area contributed by atoms with E-state index in [2.05, 4.69) is 4.99 Å². The zero-order chi connectivity index (χ0) is 17.8. The molecule has 6 heteroatoms. The molecule has 1 aliphatic heterocycles. The molecular formula is C19H15NO5. The van der Waals surface area contributed by atoms with E-state index >= 15 is 0 Å². The summed E-state index contributed by atoms with van der Waals surface area (Å²) in [6.07, 6.45) is 1.51. The van der Waals surface area contributed by atoms with Crippen LogP contribution in [0, 0.1) is 0 Å². The third-order valence-corrected chi connectivity index (χ3v) is 3.62. The minimum absolute atomic E-state index is 0.113. The number of carbonyl (C=O) groups excluding carboxylic acids is 2. The second-order valence-electron chi connectivity index (χ2n) is 5.14. The first-order valence-corrected chi connectivity index (χ1v) is 7.46. The molecule has 3 rings (SSSR count). The molecule has 0 aliphatic carbocycles. The second-order valence-corrected chi connectivity index (χ2v) is 5.14. The van der Waals surface area contributed by atoms with E-state index in [0.29, 0.717) is 22.4 Å². The summed E-state index contributed by atoms with van der Waals surface area (Å²) in [4.78, 5) is 28.1. The predicted molar refractivity (Wildman–Crippen MR) is 91.4 cm³/mol. The zero-order valence-corrected chi connectivity index (χ0v) is 13.7. The number of carbonyl (C=O) groups is 2. The lowest BCUT2D eigenvalue weighted by atomic mass is 10.1. The number of methoxy groups -OCH3 is 2. The fourth-order valence-corrected chi connectivity index (χ4v) is 2.33. The SMILES string of the molecule is COC(=O)c1ccccc1/C=C1\N=C(c2ccc(OC)cc2)OC1=O. The van der Waals surface area contributed by atoms with Crippen molar-refractivity contribution < 1.29 is 23.8 Å². The van der Waals surface area contributed by atoms with Crippen LogP contribution in [0.3, 0.4) is 0 Å². The van der Waals surface area contributed by atoms with Crippen molar-refractivity contribution in [3.63, 3.8) is 0 Å². The number of benzene rings is 2. The zero-order valence-electron chi connectivity index (χ0n) is 13.7. The number of nitrogens with zero attached hydrogens (tertiary/aromatic N) is 1. The Hall–Kier alpha value is -3.41. The van der Waals surface area contributed by atoms with Crippen LogP contribution >= 0.6 is 0 Å². The molecule has 6 nitrogen and oxygen atoms in total. The summed E-state index contributed by atoms with van der Waals surface area (Å²) in [6.45, 7) is 0. The number of rotatable bonds is 4. The molecule has 0 bridgehead atoms. The molecule has 0 fully saturated rings. The fourth-order valence-electron chi connectivity index (χ4n) is 2.33. The molecule has 0 amide bonds. The number of esters is 2. The van der Waals surface area contributed by atoms with Gasteiger partial charge in [0.1, 0.15) is 5.75 Å². The van der Waals surface area contributed by atoms with Crippen LogP contribution in [0.25, 0.3) is 6.08 Å². The van der Waals surface area contributed by atoms with Crippen molar-refractivity contribution in [2.75, 3.05) is 14.2 Å². The third kappa shape index (κ3) is 3.42. The van der Waals surface area contributed by atoms with Crippen molar-refractivity contribution in [1.29, 1.82) is 0 Å². The minimum Gasteiger partial charge on any atom is -0.497 e. The van der Waals surface area contributed by atoms with Gasteiger partial charge in [0.05, 0.1) is 19.8 Å². The number of ether oxygens (including phenoxy) is 3. The molecule has 0 spiro atoms. The number of aliphatic imine (C=N–C) groups is 1. The first kappa shape index (κ1) is 16.4. The largest absolute Gasteiger partial charge is 0.497 e. The molecular weight excluding hydrogens is 322 g/mol. The van der Waals surface area contributed by atoms with Gasteiger partial charge in [-0.3, -0.25) is 0 Å². The van der Waals surface area contributed by atoms with Gasteiger partial charge in [0.25, 0.3) is 0 Å². The molecule has 0 radical (unpaired) electrons. The van der Waals surface area contributed by atoms with Gasteiger partial charge in [-0.2, -0.15) is 0 Å². The summed E-state index contributed by atoms with van der Waals surface area (Å²) in [7, 11) is 2.87. The van der Waals surface area contributed by atoms with Crippen LogP contribution < -0.4 is 4.74 Å². The highest BCUT2D eigenvalue weighted by atomic mass is 16.6. The maximum atomic E-state index is 12.1. The Morgan fingerprint density at radius 3 is 2.48 bits per heavy atom. The average molecular weight is 337 g/mol. The monoisotopic (exact) mass is 337 g/mol. The fraction of sp³-hybridized carbons (Fsp3) is 0.105. The van der Waals surface area contributed by atoms with Gasteiger partial charge < -0.3 is 14.2 Å². The van der Waals surface area contributed by atoms with Crippen LogP contribution in [-0.4, -0.2) is 32.1 Å². The standard InChI is InChI=1S/C19H15NO5/c1-23-14-9-7-12(8-10-14)17-20-16(19(22)25-17)11-13-5-3-4-6-15(13)18(21)24-2/h3-11H,1-2H3/b16-11-. The Balaban J connectivity index is 1.95. The minimum atomic E-state index is -0.578. The van der Waals surface area contributed by atoms with Crippen LogP contribution in [0.2, 0.25) is 0 Å². The van der Waals surface area contributed by atoms with Crippen LogP contribution in [0.15, 0.2) is 59.2 Å². The second kappa shape index (κ2) is 7.00. The molecule has 0 saturated heterocycles. The molecule has 0 N–H and O–H groups in total. The summed E-state index contributed by atoms with van der Waals surface area (Å²) < 4.78 is 15.1. The van der Waals surface area contributed by atoms with Gasteiger partial charge in [0.2, 0.25) is 5.90 Å². The Bertz CT molecular complexity index is 881. The van der Waals surface area contributed by atoms with E-state index in [4.69, 9.17) is 14.2 Å². The molecule has 1 heterocycles. The van der Waals surface area contributed by atoms with E-state index < -0.39 is 11.9 Å². The smallest absolute Gasteiger partial charge is 0.363 e. The van der Waals surface area contributed by atoms with Gasteiger partial charge in [-0.25, -0.2) is 14.6 Å². The molecule has 0 atom stereocenters. The molecule has 0 unspecified atom stereocenters. The first-order chi connectivity index (χ1) is 12.1. The average Bonchev–Trinajstić information content (AvgIpc) is 3.02. The van der Waals surface area contributed by atoms with Gasteiger partial charge >= 0.3 is 11.9 Å². The summed E-state index contributed by atoms with van der Waals surface area (Å²) in [5.74, 6) is -0.172. The molecule has 2 aromatic rings. The number of cyclic esters (lactones) is 1. The van der Waals surface area contributed by atoms with E-state index in [-0.39, 0.29) is 11.6 Å². The van der Waals surface area contributed by atoms with E-state index in [9.17, 15) is 9.59 Å². The van der Waals surface area contributed by atoms with E-state index in [0.717, 1.165) is 0 Å². The van der Waals surface area contributed by atoms with Crippen molar-refractivity contribution in [2.24, 2.45) is 4.99 Å². The Morgan fingerprint density at radius 2 is 1.80 bits per heavy atom. The lowest BCUT2D eigenvalue weighted by molar-refractivity contribution is -0.129. The van der Waals surface area contributed by atoms with Crippen LogP contribution in [0.4, 0.5) is 0 Å². The summed E-state index contributed by atoms with van der Waals surface area (Å²) in [6, 6.07) is 13.8.